The predicted octanol–water partition coefficient (Wildman–Crippen LogP) is 4.51. The highest BCUT2D eigenvalue weighted by Gasteiger charge is 2.04. The molecule has 1 N–H and O–H groups in total. The molecule has 0 bridgehead atoms. The summed E-state index contributed by atoms with van der Waals surface area (Å²) in [6.45, 7) is 1.36. The first-order valence-corrected chi connectivity index (χ1v) is 7.58. The van der Waals surface area contributed by atoms with Gasteiger partial charge in [0.1, 0.15) is 12.4 Å². The van der Waals surface area contributed by atoms with Crippen molar-refractivity contribution in [2.45, 2.75) is 13.2 Å². The van der Waals surface area contributed by atoms with Crippen molar-refractivity contribution < 1.29 is 4.74 Å². The van der Waals surface area contributed by atoms with E-state index in [9.17, 15) is 0 Å². The Balaban J connectivity index is 2.08. The van der Waals surface area contributed by atoms with E-state index in [4.69, 9.17) is 4.74 Å². The van der Waals surface area contributed by atoms with Crippen LogP contribution in [0.15, 0.2) is 51.4 Å². The molecule has 0 aliphatic heterocycles. The van der Waals surface area contributed by atoms with Gasteiger partial charge in [0.15, 0.2) is 0 Å². The molecule has 0 aromatic heterocycles. The molecular formula is C15H15Br2NO. The van der Waals surface area contributed by atoms with Crippen molar-refractivity contribution in [3.05, 3.63) is 62.5 Å². The first-order valence-electron chi connectivity index (χ1n) is 5.99. The quantitative estimate of drug-likeness (QED) is 0.818. The average Bonchev–Trinajstić information content (AvgIpc) is 2.40. The van der Waals surface area contributed by atoms with Gasteiger partial charge >= 0.3 is 0 Å². The summed E-state index contributed by atoms with van der Waals surface area (Å²) in [5.74, 6) is 0.917. The fraction of sp³-hybridized carbons (Fsp3) is 0.200. The van der Waals surface area contributed by atoms with E-state index in [-0.39, 0.29) is 0 Å². The summed E-state index contributed by atoms with van der Waals surface area (Å²) >= 11 is 6.91. The van der Waals surface area contributed by atoms with E-state index < -0.39 is 0 Å². The second-order valence-corrected chi connectivity index (χ2v) is 6.03. The summed E-state index contributed by atoms with van der Waals surface area (Å²) < 4.78 is 8.04. The Labute approximate surface area is 130 Å². The van der Waals surface area contributed by atoms with Gasteiger partial charge in [-0.05, 0) is 42.9 Å². The molecule has 0 unspecified atom stereocenters. The van der Waals surface area contributed by atoms with Crippen LogP contribution >= 0.6 is 31.9 Å². The lowest BCUT2D eigenvalue weighted by atomic mass is 10.2. The predicted molar refractivity (Wildman–Crippen MR) is 85.4 cm³/mol. The van der Waals surface area contributed by atoms with Crippen molar-refractivity contribution in [1.82, 2.24) is 5.32 Å². The number of benzene rings is 2. The van der Waals surface area contributed by atoms with E-state index >= 15 is 0 Å². The summed E-state index contributed by atoms with van der Waals surface area (Å²) in [7, 11) is 1.93. The molecule has 0 aliphatic rings. The van der Waals surface area contributed by atoms with Crippen molar-refractivity contribution in [2.24, 2.45) is 0 Å². The van der Waals surface area contributed by atoms with Crippen LogP contribution in [0.2, 0.25) is 0 Å². The second kappa shape index (κ2) is 7.08. The maximum Gasteiger partial charge on any atom is 0.124 e. The Hall–Kier alpha value is -0.840. The SMILES string of the molecule is CNCc1cc(Br)ccc1OCc1ccc(Br)cc1. The summed E-state index contributed by atoms with van der Waals surface area (Å²) in [6.07, 6.45) is 0. The molecule has 19 heavy (non-hydrogen) atoms. The first kappa shape index (κ1) is 14.6. The number of hydrogen-bond donors (Lipinski definition) is 1. The third-order valence-electron chi connectivity index (χ3n) is 2.70. The van der Waals surface area contributed by atoms with Crippen LogP contribution in [0.4, 0.5) is 0 Å². The Morgan fingerprint density at radius 2 is 1.68 bits per heavy atom. The van der Waals surface area contributed by atoms with Gasteiger partial charge in [0.05, 0.1) is 0 Å². The van der Waals surface area contributed by atoms with Crippen LogP contribution in [0.5, 0.6) is 5.75 Å². The number of hydrogen-bond acceptors (Lipinski definition) is 2. The molecule has 0 saturated carbocycles. The lowest BCUT2D eigenvalue weighted by molar-refractivity contribution is 0.302. The van der Waals surface area contributed by atoms with Gasteiger partial charge in [0.2, 0.25) is 0 Å². The summed E-state index contributed by atoms with van der Waals surface area (Å²) in [5, 5.41) is 3.15. The Bertz CT molecular complexity index is 540. The highest BCUT2D eigenvalue weighted by Crippen LogP contribution is 2.24. The average molecular weight is 385 g/mol. The van der Waals surface area contributed by atoms with Gasteiger partial charge < -0.3 is 10.1 Å². The molecule has 2 aromatic carbocycles. The van der Waals surface area contributed by atoms with Gasteiger partial charge in [-0.15, -0.1) is 0 Å². The van der Waals surface area contributed by atoms with Crippen LogP contribution in [0.1, 0.15) is 11.1 Å². The Kier molecular flexibility index (Phi) is 5.43. The van der Waals surface area contributed by atoms with Gasteiger partial charge in [-0.3, -0.25) is 0 Å². The molecule has 2 rings (SSSR count). The highest BCUT2D eigenvalue weighted by atomic mass is 79.9. The van der Waals surface area contributed by atoms with E-state index in [2.05, 4.69) is 55.4 Å². The lowest BCUT2D eigenvalue weighted by Gasteiger charge is -2.12. The summed E-state index contributed by atoms with van der Waals surface area (Å²) in [4.78, 5) is 0. The smallest absolute Gasteiger partial charge is 0.124 e. The molecule has 2 nitrogen and oxygen atoms in total. The molecule has 0 saturated heterocycles. The van der Waals surface area contributed by atoms with E-state index in [1.165, 1.54) is 0 Å². The molecule has 0 spiro atoms. The van der Waals surface area contributed by atoms with Crippen LogP contribution in [-0.2, 0) is 13.2 Å². The first-order chi connectivity index (χ1) is 9.19. The van der Waals surface area contributed by atoms with Crippen LogP contribution in [0, 0.1) is 0 Å². The zero-order valence-corrected chi connectivity index (χ0v) is 13.8. The largest absolute Gasteiger partial charge is 0.489 e. The second-order valence-electron chi connectivity index (χ2n) is 4.20. The fourth-order valence-electron chi connectivity index (χ4n) is 1.76. The monoisotopic (exact) mass is 383 g/mol. The van der Waals surface area contributed by atoms with E-state index in [1.54, 1.807) is 0 Å². The van der Waals surface area contributed by atoms with Crippen LogP contribution in [0.25, 0.3) is 0 Å². The Morgan fingerprint density at radius 3 is 2.37 bits per heavy atom. The number of nitrogens with one attached hydrogen (secondary N) is 1. The molecule has 100 valence electrons. The van der Waals surface area contributed by atoms with Gasteiger partial charge in [0, 0.05) is 21.1 Å². The zero-order chi connectivity index (χ0) is 13.7. The Morgan fingerprint density at radius 1 is 1.00 bits per heavy atom. The van der Waals surface area contributed by atoms with Gasteiger partial charge in [-0.1, -0.05) is 44.0 Å². The maximum absolute atomic E-state index is 5.89. The minimum absolute atomic E-state index is 0.575. The van der Waals surface area contributed by atoms with Crippen LogP contribution in [0.3, 0.4) is 0 Å². The third-order valence-corrected chi connectivity index (χ3v) is 3.72. The van der Waals surface area contributed by atoms with Crippen molar-refractivity contribution in [1.29, 1.82) is 0 Å². The number of halogens is 2. The molecule has 0 fully saturated rings. The van der Waals surface area contributed by atoms with Gasteiger partial charge in [-0.2, -0.15) is 0 Å². The van der Waals surface area contributed by atoms with E-state index in [0.29, 0.717) is 6.61 Å². The molecule has 0 aliphatic carbocycles. The topological polar surface area (TPSA) is 21.3 Å². The summed E-state index contributed by atoms with van der Waals surface area (Å²) in [6, 6.07) is 14.2. The molecule has 0 atom stereocenters. The minimum atomic E-state index is 0.575. The van der Waals surface area contributed by atoms with Gasteiger partial charge in [-0.25, -0.2) is 0 Å². The molecule has 0 heterocycles. The minimum Gasteiger partial charge on any atom is -0.489 e. The zero-order valence-electron chi connectivity index (χ0n) is 10.6. The molecule has 0 amide bonds. The van der Waals surface area contributed by atoms with Crippen molar-refractivity contribution in [2.75, 3.05) is 7.05 Å². The highest BCUT2D eigenvalue weighted by molar-refractivity contribution is 9.10. The third kappa shape index (κ3) is 4.34. The van der Waals surface area contributed by atoms with Crippen molar-refractivity contribution >= 4 is 31.9 Å². The number of ether oxygens (including phenoxy) is 1. The van der Waals surface area contributed by atoms with Crippen LogP contribution in [-0.4, -0.2) is 7.05 Å². The molecular weight excluding hydrogens is 370 g/mol. The molecule has 2 aromatic rings. The molecule has 4 heteroatoms. The van der Waals surface area contributed by atoms with Crippen LogP contribution < -0.4 is 10.1 Å². The van der Waals surface area contributed by atoms with Gasteiger partial charge in [0.25, 0.3) is 0 Å². The maximum atomic E-state index is 5.89. The van der Waals surface area contributed by atoms with Crippen molar-refractivity contribution in [3.8, 4) is 5.75 Å². The van der Waals surface area contributed by atoms with Crippen molar-refractivity contribution in [3.63, 3.8) is 0 Å². The van der Waals surface area contributed by atoms with E-state index in [0.717, 1.165) is 32.4 Å². The standard InChI is InChI=1S/C15H15Br2NO/c1-18-9-12-8-14(17)6-7-15(12)19-10-11-2-4-13(16)5-3-11/h2-8,18H,9-10H2,1H3. The normalized spacial score (nSPS) is 10.5. The number of rotatable bonds is 5. The van der Waals surface area contributed by atoms with E-state index in [1.807, 2.05) is 31.3 Å². The molecule has 0 radical (unpaired) electrons. The fourth-order valence-corrected chi connectivity index (χ4v) is 2.43. The lowest BCUT2D eigenvalue weighted by Crippen LogP contribution is -2.07. The summed E-state index contributed by atoms with van der Waals surface area (Å²) in [5.41, 5.74) is 2.30.